The zero-order chi connectivity index (χ0) is 13.0. The number of carbonyl (C=O) groups excluding carboxylic acids is 1. The quantitative estimate of drug-likeness (QED) is 0.855. The van der Waals surface area contributed by atoms with Crippen molar-refractivity contribution in [2.45, 2.75) is 25.4 Å². The van der Waals surface area contributed by atoms with Crippen molar-refractivity contribution in [1.82, 2.24) is 4.90 Å². The number of rotatable bonds is 4. The molecular weight excluding hydrogens is 294 g/mol. The van der Waals surface area contributed by atoms with Crippen molar-refractivity contribution >= 4 is 21.8 Å². The van der Waals surface area contributed by atoms with Gasteiger partial charge in [-0.3, -0.25) is 4.79 Å². The van der Waals surface area contributed by atoms with E-state index in [-0.39, 0.29) is 12.0 Å². The highest BCUT2D eigenvalue weighted by Gasteiger charge is 2.20. The van der Waals surface area contributed by atoms with E-state index in [9.17, 15) is 4.79 Å². The number of ether oxygens (including phenoxy) is 1. The Bertz CT molecular complexity index is 416. The summed E-state index contributed by atoms with van der Waals surface area (Å²) in [7, 11) is 1.85. The molecule has 0 saturated carbocycles. The molecule has 1 aromatic rings. The summed E-state index contributed by atoms with van der Waals surface area (Å²) >= 11 is 3.47. The van der Waals surface area contributed by atoms with Crippen molar-refractivity contribution in [3.8, 4) is 0 Å². The maximum atomic E-state index is 12.1. The molecule has 1 unspecified atom stereocenters. The Morgan fingerprint density at radius 3 is 2.94 bits per heavy atom. The zero-order valence-corrected chi connectivity index (χ0v) is 12.1. The summed E-state index contributed by atoms with van der Waals surface area (Å²) in [5, 5.41) is 0. The number of halogens is 1. The number of likely N-dealkylation sites (N-methyl/N-ethyl adjacent to an activating group) is 1. The fourth-order valence-electron chi connectivity index (χ4n) is 2.14. The molecular formula is C14H18BrNO2. The first-order valence-corrected chi connectivity index (χ1v) is 7.05. The molecule has 2 rings (SSSR count). The van der Waals surface area contributed by atoms with Crippen LogP contribution in [0.5, 0.6) is 0 Å². The summed E-state index contributed by atoms with van der Waals surface area (Å²) in [5.41, 5.74) is 1.03. The molecule has 3 nitrogen and oxygen atoms in total. The largest absolute Gasteiger partial charge is 0.376 e. The predicted molar refractivity (Wildman–Crippen MR) is 74.5 cm³/mol. The SMILES string of the molecule is CN(CC1CCCO1)C(=O)Cc1ccccc1Br. The van der Waals surface area contributed by atoms with Crippen molar-refractivity contribution in [2.24, 2.45) is 0 Å². The van der Waals surface area contributed by atoms with Gasteiger partial charge in [0.25, 0.3) is 0 Å². The highest BCUT2D eigenvalue weighted by Crippen LogP contribution is 2.18. The van der Waals surface area contributed by atoms with E-state index in [1.807, 2.05) is 31.3 Å². The second-order valence-corrected chi connectivity index (χ2v) is 5.53. The molecule has 0 bridgehead atoms. The lowest BCUT2D eigenvalue weighted by atomic mass is 10.1. The van der Waals surface area contributed by atoms with Gasteiger partial charge < -0.3 is 9.64 Å². The van der Waals surface area contributed by atoms with Gasteiger partial charge in [0.15, 0.2) is 0 Å². The third-order valence-electron chi connectivity index (χ3n) is 3.23. The van der Waals surface area contributed by atoms with Gasteiger partial charge in [0.05, 0.1) is 12.5 Å². The third-order valence-corrected chi connectivity index (χ3v) is 4.00. The van der Waals surface area contributed by atoms with E-state index in [1.54, 1.807) is 4.90 Å². The Morgan fingerprint density at radius 2 is 2.28 bits per heavy atom. The van der Waals surface area contributed by atoms with Crippen molar-refractivity contribution in [1.29, 1.82) is 0 Å². The minimum absolute atomic E-state index is 0.136. The van der Waals surface area contributed by atoms with Crippen molar-refractivity contribution in [3.05, 3.63) is 34.3 Å². The van der Waals surface area contributed by atoms with E-state index in [0.29, 0.717) is 13.0 Å². The maximum absolute atomic E-state index is 12.1. The second-order valence-electron chi connectivity index (χ2n) is 4.68. The number of hydrogen-bond acceptors (Lipinski definition) is 2. The van der Waals surface area contributed by atoms with Gasteiger partial charge in [-0.15, -0.1) is 0 Å². The molecule has 98 valence electrons. The van der Waals surface area contributed by atoms with Gasteiger partial charge in [0, 0.05) is 24.7 Å². The molecule has 0 radical (unpaired) electrons. The van der Waals surface area contributed by atoms with Crippen molar-refractivity contribution in [2.75, 3.05) is 20.2 Å². The van der Waals surface area contributed by atoms with E-state index in [2.05, 4.69) is 15.9 Å². The number of amides is 1. The van der Waals surface area contributed by atoms with Crippen LogP contribution in [-0.2, 0) is 16.0 Å². The van der Waals surface area contributed by atoms with Crippen LogP contribution in [0.2, 0.25) is 0 Å². The lowest BCUT2D eigenvalue weighted by Crippen LogP contribution is -2.35. The standard InChI is InChI=1S/C14H18BrNO2/c1-16(10-12-6-4-8-18-12)14(17)9-11-5-2-3-7-13(11)15/h2-3,5,7,12H,4,6,8-10H2,1H3. The molecule has 1 atom stereocenters. The van der Waals surface area contributed by atoms with Crippen LogP contribution >= 0.6 is 15.9 Å². The molecule has 1 aromatic carbocycles. The van der Waals surface area contributed by atoms with Crippen LogP contribution in [0.3, 0.4) is 0 Å². The Kier molecular flexibility index (Phi) is 4.78. The van der Waals surface area contributed by atoms with Crippen LogP contribution in [0, 0.1) is 0 Å². The van der Waals surface area contributed by atoms with Crippen LogP contribution in [-0.4, -0.2) is 37.1 Å². The summed E-state index contributed by atoms with van der Waals surface area (Å²) in [4.78, 5) is 13.9. The molecule has 1 fully saturated rings. The van der Waals surface area contributed by atoms with Gasteiger partial charge in [0.2, 0.25) is 5.91 Å². The number of hydrogen-bond donors (Lipinski definition) is 0. The first-order valence-electron chi connectivity index (χ1n) is 6.26. The van der Waals surface area contributed by atoms with Gasteiger partial charge in [-0.2, -0.15) is 0 Å². The van der Waals surface area contributed by atoms with Gasteiger partial charge >= 0.3 is 0 Å². The van der Waals surface area contributed by atoms with Crippen LogP contribution in [0.15, 0.2) is 28.7 Å². The monoisotopic (exact) mass is 311 g/mol. The van der Waals surface area contributed by atoms with Crippen LogP contribution in [0.1, 0.15) is 18.4 Å². The summed E-state index contributed by atoms with van der Waals surface area (Å²) in [6.45, 7) is 1.53. The van der Waals surface area contributed by atoms with Gasteiger partial charge in [0.1, 0.15) is 0 Å². The smallest absolute Gasteiger partial charge is 0.226 e. The molecule has 1 aliphatic rings. The summed E-state index contributed by atoms with van der Waals surface area (Å²) in [5.74, 6) is 0.136. The molecule has 1 aliphatic heterocycles. The number of benzene rings is 1. The fourth-order valence-corrected chi connectivity index (χ4v) is 2.56. The third kappa shape index (κ3) is 3.56. The molecule has 1 saturated heterocycles. The summed E-state index contributed by atoms with van der Waals surface area (Å²) in [6.07, 6.45) is 2.83. The second kappa shape index (κ2) is 6.34. The molecule has 0 aliphatic carbocycles. The number of nitrogens with zero attached hydrogens (tertiary/aromatic N) is 1. The van der Waals surface area contributed by atoms with Gasteiger partial charge in [-0.05, 0) is 24.5 Å². The average molecular weight is 312 g/mol. The Balaban J connectivity index is 1.89. The molecule has 4 heteroatoms. The first kappa shape index (κ1) is 13.6. The Labute approximate surface area is 116 Å². The van der Waals surface area contributed by atoms with Crippen molar-refractivity contribution < 1.29 is 9.53 Å². The molecule has 18 heavy (non-hydrogen) atoms. The average Bonchev–Trinajstić information content (AvgIpc) is 2.84. The lowest BCUT2D eigenvalue weighted by molar-refractivity contribution is -0.130. The molecule has 1 amide bonds. The van der Waals surface area contributed by atoms with Crippen LogP contribution in [0.25, 0.3) is 0 Å². The van der Waals surface area contributed by atoms with Crippen molar-refractivity contribution in [3.63, 3.8) is 0 Å². The maximum Gasteiger partial charge on any atom is 0.226 e. The molecule has 0 N–H and O–H groups in total. The summed E-state index contributed by atoms with van der Waals surface area (Å²) in [6, 6.07) is 7.84. The lowest BCUT2D eigenvalue weighted by Gasteiger charge is -2.21. The summed E-state index contributed by atoms with van der Waals surface area (Å²) < 4.78 is 6.53. The normalized spacial score (nSPS) is 18.9. The number of carbonyl (C=O) groups is 1. The predicted octanol–water partition coefficient (Wildman–Crippen LogP) is 2.63. The van der Waals surface area contributed by atoms with Crippen LogP contribution < -0.4 is 0 Å². The fraction of sp³-hybridized carbons (Fsp3) is 0.500. The topological polar surface area (TPSA) is 29.5 Å². The van der Waals surface area contributed by atoms with E-state index < -0.39 is 0 Å². The Morgan fingerprint density at radius 1 is 1.50 bits per heavy atom. The van der Waals surface area contributed by atoms with Gasteiger partial charge in [-0.1, -0.05) is 34.1 Å². The first-order chi connectivity index (χ1) is 8.66. The van der Waals surface area contributed by atoms with E-state index >= 15 is 0 Å². The molecule has 1 heterocycles. The van der Waals surface area contributed by atoms with E-state index in [0.717, 1.165) is 29.5 Å². The Hall–Kier alpha value is -0.870. The van der Waals surface area contributed by atoms with E-state index in [1.165, 1.54) is 0 Å². The van der Waals surface area contributed by atoms with Gasteiger partial charge in [-0.25, -0.2) is 0 Å². The molecule has 0 aromatic heterocycles. The van der Waals surface area contributed by atoms with E-state index in [4.69, 9.17) is 4.74 Å². The molecule has 0 spiro atoms. The highest BCUT2D eigenvalue weighted by atomic mass is 79.9. The minimum Gasteiger partial charge on any atom is -0.376 e. The zero-order valence-electron chi connectivity index (χ0n) is 10.6. The highest BCUT2D eigenvalue weighted by molar-refractivity contribution is 9.10. The minimum atomic E-state index is 0.136. The van der Waals surface area contributed by atoms with Crippen LogP contribution in [0.4, 0.5) is 0 Å².